The Morgan fingerprint density at radius 1 is 1.26 bits per heavy atom. The summed E-state index contributed by atoms with van der Waals surface area (Å²) in [6.45, 7) is 8.80. The number of amides is 1. The maximum atomic E-state index is 11.8. The van der Waals surface area contributed by atoms with Crippen molar-refractivity contribution < 1.29 is 4.79 Å². The van der Waals surface area contributed by atoms with Gasteiger partial charge in [-0.05, 0) is 63.9 Å². The molecule has 0 radical (unpaired) electrons. The van der Waals surface area contributed by atoms with Crippen molar-refractivity contribution in [2.45, 2.75) is 44.4 Å². The van der Waals surface area contributed by atoms with Gasteiger partial charge in [-0.1, -0.05) is 24.6 Å². The van der Waals surface area contributed by atoms with Crippen LogP contribution in [-0.4, -0.2) is 42.7 Å². The summed E-state index contributed by atoms with van der Waals surface area (Å²) in [6, 6.07) is 8.47. The predicted molar refractivity (Wildman–Crippen MR) is 99.0 cm³/mol. The number of thioether (sulfide) groups is 1. The van der Waals surface area contributed by atoms with Crippen LogP contribution in [0.1, 0.15) is 38.2 Å². The molecule has 4 heteroatoms. The Morgan fingerprint density at radius 3 is 2.65 bits per heavy atom. The zero-order chi connectivity index (χ0) is 16.5. The first-order valence-corrected chi connectivity index (χ1v) is 9.80. The average Bonchev–Trinajstić information content (AvgIpc) is 2.55. The monoisotopic (exact) mass is 334 g/mol. The first-order chi connectivity index (χ1) is 11.1. The van der Waals surface area contributed by atoms with E-state index in [9.17, 15) is 4.79 Å². The second-order valence-electron chi connectivity index (χ2n) is 6.64. The molecule has 128 valence electrons. The molecule has 1 aliphatic rings. The van der Waals surface area contributed by atoms with E-state index in [0.29, 0.717) is 6.42 Å². The highest BCUT2D eigenvalue weighted by Gasteiger charge is 2.14. The quantitative estimate of drug-likeness (QED) is 0.581. The van der Waals surface area contributed by atoms with Crippen LogP contribution in [0.2, 0.25) is 0 Å². The van der Waals surface area contributed by atoms with Crippen LogP contribution >= 0.6 is 11.8 Å². The van der Waals surface area contributed by atoms with Crippen molar-refractivity contribution in [1.29, 1.82) is 0 Å². The number of rotatable bonds is 8. The maximum Gasteiger partial charge on any atom is 0.220 e. The van der Waals surface area contributed by atoms with Crippen LogP contribution < -0.4 is 5.32 Å². The molecule has 3 nitrogen and oxygen atoms in total. The second kappa shape index (κ2) is 9.99. The van der Waals surface area contributed by atoms with Gasteiger partial charge < -0.3 is 10.2 Å². The van der Waals surface area contributed by atoms with Crippen molar-refractivity contribution in [3.63, 3.8) is 0 Å². The van der Waals surface area contributed by atoms with Crippen LogP contribution in [0.25, 0.3) is 0 Å². The molecule has 1 aromatic rings. The minimum absolute atomic E-state index is 0.178. The molecule has 1 aliphatic heterocycles. The van der Waals surface area contributed by atoms with Gasteiger partial charge in [-0.2, -0.15) is 0 Å². The van der Waals surface area contributed by atoms with E-state index >= 15 is 0 Å². The van der Waals surface area contributed by atoms with E-state index < -0.39 is 0 Å². The van der Waals surface area contributed by atoms with Gasteiger partial charge in [0.1, 0.15) is 0 Å². The first-order valence-electron chi connectivity index (χ1n) is 8.82. The predicted octanol–water partition coefficient (Wildman–Crippen LogP) is 3.72. The van der Waals surface area contributed by atoms with E-state index in [1.807, 2.05) is 0 Å². The Bertz CT molecular complexity index is 467. The topological polar surface area (TPSA) is 32.3 Å². The highest BCUT2D eigenvalue weighted by Crippen LogP contribution is 2.19. The number of likely N-dealkylation sites (tertiary alicyclic amines) is 1. The lowest BCUT2D eigenvalue weighted by molar-refractivity contribution is -0.120. The fraction of sp³-hybridized carbons (Fsp3) is 0.632. The SMILES string of the molecule is Cc1ccc(SCCC(=O)NCCCN2CCC(C)CC2)cc1. The first kappa shape index (κ1) is 18.3. The molecule has 0 unspecified atom stereocenters. The van der Waals surface area contributed by atoms with Crippen LogP contribution in [0.5, 0.6) is 0 Å². The number of benzene rings is 1. The second-order valence-corrected chi connectivity index (χ2v) is 7.81. The molecule has 1 fully saturated rings. The van der Waals surface area contributed by atoms with Crippen LogP contribution in [0.3, 0.4) is 0 Å². The van der Waals surface area contributed by atoms with E-state index in [2.05, 4.69) is 48.3 Å². The standard InChI is InChI=1S/C19H30N2OS/c1-16-4-6-18(7-5-16)23-15-10-19(22)20-11-3-12-21-13-8-17(2)9-14-21/h4-7,17H,3,8-15H2,1-2H3,(H,20,22). The van der Waals surface area contributed by atoms with Crippen molar-refractivity contribution in [2.75, 3.05) is 31.9 Å². The molecule has 1 aromatic carbocycles. The van der Waals surface area contributed by atoms with Crippen molar-refractivity contribution in [3.05, 3.63) is 29.8 Å². The van der Waals surface area contributed by atoms with E-state index in [-0.39, 0.29) is 5.91 Å². The van der Waals surface area contributed by atoms with Gasteiger partial charge >= 0.3 is 0 Å². The summed E-state index contributed by atoms with van der Waals surface area (Å²) in [6.07, 6.45) is 4.30. The molecule has 0 spiro atoms. The molecular weight excluding hydrogens is 304 g/mol. The molecule has 2 rings (SSSR count). The van der Waals surface area contributed by atoms with Gasteiger partial charge in [0.15, 0.2) is 0 Å². The Labute approximate surface area is 145 Å². The van der Waals surface area contributed by atoms with Gasteiger partial charge in [0.25, 0.3) is 0 Å². The molecule has 1 amide bonds. The Hall–Kier alpha value is -1.00. The molecule has 0 aliphatic carbocycles. The van der Waals surface area contributed by atoms with Crippen molar-refractivity contribution in [1.82, 2.24) is 10.2 Å². The third-order valence-electron chi connectivity index (χ3n) is 4.47. The van der Waals surface area contributed by atoms with Crippen LogP contribution in [0.4, 0.5) is 0 Å². The highest BCUT2D eigenvalue weighted by atomic mass is 32.2. The number of carbonyl (C=O) groups excluding carboxylic acids is 1. The molecule has 0 bridgehead atoms. The Kier molecular flexibility index (Phi) is 7.96. The molecule has 0 saturated carbocycles. The summed E-state index contributed by atoms with van der Waals surface area (Å²) < 4.78 is 0. The number of hydrogen-bond donors (Lipinski definition) is 1. The minimum atomic E-state index is 0.178. The molecular formula is C19H30N2OS. The number of nitrogens with one attached hydrogen (secondary N) is 1. The van der Waals surface area contributed by atoms with Crippen molar-refractivity contribution in [2.24, 2.45) is 5.92 Å². The number of hydrogen-bond acceptors (Lipinski definition) is 3. The molecule has 1 N–H and O–H groups in total. The van der Waals surface area contributed by atoms with E-state index in [1.54, 1.807) is 11.8 Å². The summed E-state index contributed by atoms with van der Waals surface area (Å²) in [4.78, 5) is 15.6. The van der Waals surface area contributed by atoms with E-state index in [1.165, 1.54) is 36.4 Å². The number of nitrogens with zero attached hydrogens (tertiary/aromatic N) is 1. The minimum Gasteiger partial charge on any atom is -0.356 e. The fourth-order valence-electron chi connectivity index (χ4n) is 2.80. The third-order valence-corrected chi connectivity index (χ3v) is 5.48. The fourth-order valence-corrected chi connectivity index (χ4v) is 3.65. The summed E-state index contributed by atoms with van der Waals surface area (Å²) >= 11 is 1.75. The summed E-state index contributed by atoms with van der Waals surface area (Å²) in [5, 5.41) is 3.05. The smallest absolute Gasteiger partial charge is 0.220 e. The summed E-state index contributed by atoms with van der Waals surface area (Å²) in [5.41, 5.74) is 1.27. The zero-order valence-corrected chi connectivity index (χ0v) is 15.3. The van der Waals surface area contributed by atoms with Gasteiger partial charge in [0, 0.05) is 23.6 Å². The normalized spacial score (nSPS) is 16.4. The molecule has 0 aromatic heterocycles. The van der Waals surface area contributed by atoms with Crippen LogP contribution in [0, 0.1) is 12.8 Å². The lowest BCUT2D eigenvalue weighted by Crippen LogP contribution is -2.35. The van der Waals surface area contributed by atoms with Gasteiger partial charge in [0.05, 0.1) is 0 Å². The lowest BCUT2D eigenvalue weighted by atomic mass is 9.99. The summed E-state index contributed by atoms with van der Waals surface area (Å²) in [5.74, 6) is 1.91. The van der Waals surface area contributed by atoms with E-state index in [4.69, 9.17) is 0 Å². The van der Waals surface area contributed by atoms with Gasteiger partial charge in [0.2, 0.25) is 5.91 Å². The van der Waals surface area contributed by atoms with E-state index in [0.717, 1.165) is 31.2 Å². The van der Waals surface area contributed by atoms with Crippen molar-refractivity contribution in [3.8, 4) is 0 Å². The summed E-state index contributed by atoms with van der Waals surface area (Å²) in [7, 11) is 0. The average molecular weight is 335 g/mol. The number of piperidine rings is 1. The highest BCUT2D eigenvalue weighted by molar-refractivity contribution is 7.99. The van der Waals surface area contributed by atoms with Gasteiger partial charge in [-0.15, -0.1) is 11.8 Å². The van der Waals surface area contributed by atoms with Gasteiger partial charge in [-0.3, -0.25) is 4.79 Å². The third kappa shape index (κ3) is 7.40. The maximum absolute atomic E-state index is 11.8. The lowest BCUT2D eigenvalue weighted by Gasteiger charge is -2.30. The number of carbonyl (C=O) groups is 1. The molecule has 1 heterocycles. The Morgan fingerprint density at radius 2 is 1.96 bits per heavy atom. The van der Waals surface area contributed by atoms with Crippen molar-refractivity contribution >= 4 is 17.7 Å². The van der Waals surface area contributed by atoms with Crippen LogP contribution in [-0.2, 0) is 4.79 Å². The zero-order valence-electron chi connectivity index (χ0n) is 14.5. The molecule has 0 atom stereocenters. The molecule has 1 saturated heterocycles. The Balaban J connectivity index is 1.49. The molecule has 23 heavy (non-hydrogen) atoms. The number of aryl methyl sites for hydroxylation is 1. The largest absolute Gasteiger partial charge is 0.356 e. The van der Waals surface area contributed by atoms with Crippen LogP contribution in [0.15, 0.2) is 29.2 Å². The van der Waals surface area contributed by atoms with Gasteiger partial charge in [-0.25, -0.2) is 0 Å².